The topological polar surface area (TPSA) is 117 Å². The van der Waals surface area contributed by atoms with Gasteiger partial charge < -0.3 is 20.1 Å². The summed E-state index contributed by atoms with van der Waals surface area (Å²) in [7, 11) is 1.00. The number of aromatic nitrogens is 1. The van der Waals surface area contributed by atoms with Crippen molar-refractivity contribution in [3.63, 3.8) is 0 Å². The highest BCUT2D eigenvalue weighted by atomic mass is 19.1. The minimum absolute atomic E-state index is 0.216. The standard InChI is InChI=1S/C10H10FNO6/c1-18-10(17)7(14)6(13)4-2-5(9(15)16)8(11)12-3-4/h2-3,6-7,13-14H,1H3,(H,15,16). The fourth-order valence-electron chi connectivity index (χ4n) is 1.21. The molecule has 0 saturated heterocycles. The monoisotopic (exact) mass is 259 g/mol. The molecule has 1 heterocycles. The van der Waals surface area contributed by atoms with Crippen molar-refractivity contribution in [2.75, 3.05) is 7.11 Å². The van der Waals surface area contributed by atoms with Crippen LogP contribution in [0, 0.1) is 5.95 Å². The van der Waals surface area contributed by atoms with E-state index >= 15 is 0 Å². The molecule has 2 unspecified atom stereocenters. The Kier molecular flexibility index (Phi) is 4.29. The van der Waals surface area contributed by atoms with Gasteiger partial charge in [0.05, 0.1) is 7.11 Å². The summed E-state index contributed by atoms with van der Waals surface area (Å²) in [6.45, 7) is 0. The van der Waals surface area contributed by atoms with E-state index in [1.807, 2.05) is 0 Å². The van der Waals surface area contributed by atoms with Gasteiger partial charge >= 0.3 is 11.9 Å². The van der Waals surface area contributed by atoms with E-state index in [4.69, 9.17) is 5.11 Å². The number of ether oxygens (including phenoxy) is 1. The summed E-state index contributed by atoms with van der Waals surface area (Å²) < 4.78 is 17.2. The molecule has 0 fully saturated rings. The Bertz CT molecular complexity index is 477. The second-order valence-corrected chi connectivity index (χ2v) is 3.33. The molecule has 98 valence electrons. The SMILES string of the molecule is COC(=O)C(O)C(O)c1cnc(F)c(C(=O)O)c1. The lowest BCUT2D eigenvalue weighted by atomic mass is 10.0. The summed E-state index contributed by atoms with van der Waals surface area (Å²) in [6, 6.07) is 0.779. The third kappa shape index (κ3) is 2.79. The Labute approximate surface area is 100 Å². The van der Waals surface area contributed by atoms with E-state index in [0.29, 0.717) is 0 Å². The molecule has 2 atom stereocenters. The first-order valence-corrected chi connectivity index (χ1v) is 4.71. The van der Waals surface area contributed by atoms with Crippen LogP contribution in [-0.4, -0.2) is 45.5 Å². The molecule has 0 spiro atoms. The number of hydrogen-bond acceptors (Lipinski definition) is 6. The van der Waals surface area contributed by atoms with E-state index in [9.17, 15) is 24.2 Å². The molecule has 1 rings (SSSR count). The second-order valence-electron chi connectivity index (χ2n) is 3.33. The third-order valence-electron chi connectivity index (χ3n) is 2.17. The summed E-state index contributed by atoms with van der Waals surface area (Å²) in [5.74, 6) is -3.92. The number of aromatic carboxylic acids is 1. The first-order chi connectivity index (χ1) is 8.38. The summed E-state index contributed by atoms with van der Waals surface area (Å²) in [5, 5.41) is 27.6. The Morgan fingerprint density at radius 3 is 2.56 bits per heavy atom. The van der Waals surface area contributed by atoms with Gasteiger partial charge in [0.15, 0.2) is 6.10 Å². The number of nitrogens with zero attached hydrogens (tertiary/aromatic N) is 1. The molecule has 1 aromatic heterocycles. The van der Waals surface area contributed by atoms with Crippen molar-refractivity contribution in [1.82, 2.24) is 4.98 Å². The average Bonchev–Trinajstić information content (AvgIpc) is 2.36. The highest BCUT2D eigenvalue weighted by Gasteiger charge is 2.28. The normalized spacial score (nSPS) is 13.8. The van der Waals surface area contributed by atoms with Gasteiger partial charge in [-0.1, -0.05) is 0 Å². The summed E-state index contributed by atoms with van der Waals surface area (Å²) in [4.78, 5) is 24.7. The smallest absolute Gasteiger partial charge is 0.340 e. The molecule has 18 heavy (non-hydrogen) atoms. The number of carboxylic acids is 1. The van der Waals surface area contributed by atoms with Crippen LogP contribution in [0.1, 0.15) is 22.0 Å². The Hall–Kier alpha value is -2.06. The molecular formula is C10H10FNO6. The number of aliphatic hydroxyl groups excluding tert-OH is 2. The highest BCUT2D eigenvalue weighted by molar-refractivity contribution is 5.87. The van der Waals surface area contributed by atoms with Crippen LogP contribution in [0.3, 0.4) is 0 Å². The minimum Gasteiger partial charge on any atom is -0.478 e. The van der Waals surface area contributed by atoms with Gasteiger partial charge in [0.25, 0.3) is 0 Å². The van der Waals surface area contributed by atoms with E-state index < -0.39 is 35.7 Å². The number of esters is 1. The lowest BCUT2D eigenvalue weighted by Gasteiger charge is -2.15. The van der Waals surface area contributed by atoms with Gasteiger partial charge in [-0.05, 0) is 6.07 Å². The average molecular weight is 259 g/mol. The molecule has 0 aromatic carbocycles. The number of pyridine rings is 1. The second kappa shape index (κ2) is 5.52. The van der Waals surface area contributed by atoms with E-state index in [1.54, 1.807) is 0 Å². The number of halogens is 1. The van der Waals surface area contributed by atoms with Crippen LogP contribution in [0.25, 0.3) is 0 Å². The summed E-state index contributed by atoms with van der Waals surface area (Å²) in [5.41, 5.74) is -0.990. The molecule has 8 heteroatoms. The largest absolute Gasteiger partial charge is 0.478 e. The first kappa shape index (κ1) is 14.0. The van der Waals surface area contributed by atoms with Crippen LogP contribution in [0.2, 0.25) is 0 Å². The van der Waals surface area contributed by atoms with Crippen LogP contribution in [-0.2, 0) is 9.53 Å². The van der Waals surface area contributed by atoms with E-state index in [0.717, 1.165) is 19.4 Å². The Morgan fingerprint density at radius 1 is 1.44 bits per heavy atom. The first-order valence-electron chi connectivity index (χ1n) is 4.71. The lowest BCUT2D eigenvalue weighted by molar-refractivity contribution is -0.156. The molecule has 1 aromatic rings. The van der Waals surface area contributed by atoms with Crippen molar-refractivity contribution in [2.24, 2.45) is 0 Å². The molecule has 0 bridgehead atoms. The molecule has 0 aliphatic carbocycles. The van der Waals surface area contributed by atoms with Gasteiger partial charge in [-0.15, -0.1) is 0 Å². The minimum atomic E-state index is -1.91. The van der Waals surface area contributed by atoms with E-state index in [1.165, 1.54) is 0 Å². The van der Waals surface area contributed by atoms with Gasteiger partial charge in [0, 0.05) is 11.8 Å². The van der Waals surface area contributed by atoms with Crippen LogP contribution in [0.15, 0.2) is 12.3 Å². The van der Waals surface area contributed by atoms with Crippen molar-refractivity contribution in [1.29, 1.82) is 0 Å². The molecule has 7 nitrogen and oxygen atoms in total. The van der Waals surface area contributed by atoms with Crippen molar-refractivity contribution >= 4 is 11.9 Å². The van der Waals surface area contributed by atoms with Gasteiger partial charge in [-0.3, -0.25) is 0 Å². The Balaban J connectivity index is 3.07. The van der Waals surface area contributed by atoms with Crippen molar-refractivity contribution in [3.05, 3.63) is 29.3 Å². The van der Waals surface area contributed by atoms with Crippen LogP contribution >= 0.6 is 0 Å². The van der Waals surface area contributed by atoms with Crippen molar-refractivity contribution in [2.45, 2.75) is 12.2 Å². The van der Waals surface area contributed by atoms with Crippen LogP contribution < -0.4 is 0 Å². The predicted molar refractivity (Wildman–Crippen MR) is 54.1 cm³/mol. The Morgan fingerprint density at radius 2 is 2.06 bits per heavy atom. The molecule has 0 saturated carbocycles. The van der Waals surface area contributed by atoms with Crippen LogP contribution in [0.5, 0.6) is 0 Å². The fraction of sp³-hybridized carbons (Fsp3) is 0.300. The maximum absolute atomic E-state index is 13.0. The lowest BCUT2D eigenvalue weighted by Crippen LogP contribution is -2.29. The highest BCUT2D eigenvalue weighted by Crippen LogP contribution is 2.19. The number of carbonyl (C=O) groups is 2. The summed E-state index contributed by atoms with van der Waals surface area (Å²) in [6.07, 6.45) is -2.86. The molecule has 0 aliphatic heterocycles. The predicted octanol–water partition coefficient (Wildman–Crippen LogP) is -0.514. The van der Waals surface area contributed by atoms with E-state index in [2.05, 4.69) is 9.72 Å². The maximum Gasteiger partial charge on any atom is 0.340 e. The number of hydrogen-bond donors (Lipinski definition) is 3. The number of carboxylic acid groups (broad SMARTS) is 1. The van der Waals surface area contributed by atoms with E-state index in [-0.39, 0.29) is 5.56 Å². The van der Waals surface area contributed by atoms with Crippen LogP contribution in [0.4, 0.5) is 4.39 Å². The molecule has 0 amide bonds. The van der Waals surface area contributed by atoms with Gasteiger partial charge in [-0.2, -0.15) is 4.39 Å². The van der Waals surface area contributed by atoms with Crippen molar-refractivity contribution in [3.8, 4) is 0 Å². The van der Waals surface area contributed by atoms with Gasteiger partial charge in [0.1, 0.15) is 11.7 Å². The number of carbonyl (C=O) groups excluding carboxylic acids is 1. The summed E-state index contributed by atoms with van der Waals surface area (Å²) >= 11 is 0. The zero-order chi connectivity index (χ0) is 13.9. The zero-order valence-electron chi connectivity index (χ0n) is 9.20. The molecule has 3 N–H and O–H groups in total. The zero-order valence-corrected chi connectivity index (χ0v) is 9.20. The number of rotatable bonds is 4. The van der Waals surface area contributed by atoms with Gasteiger partial charge in [0.2, 0.25) is 5.95 Å². The van der Waals surface area contributed by atoms with Crippen molar-refractivity contribution < 1.29 is 34.0 Å². The molecular weight excluding hydrogens is 249 g/mol. The third-order valence-corrected chi connectivity index (χ3v) is 2.17. The quantitative estimate of drug-likeness (QED) is 0.492. The maximum atomic E-state index is 13.0. The number of methoxy groups -OCH3 is 1. The molecule has 0 aliphatic rings. The van der Waals surface area contributed by atoms with Gasteiger partial charge in [-0.25, -0.2) is 14.6 Å². The fourth-order valence-corrected chi connectivity index (χ4v) is 1.21. The number of aliphatic hydroxyl groups is 2. The molecule has 0 radical (unpaired) electrons.